The van der Waals surface area contributed by atoms with E-state index in [9.17, 15) is 4.79 Å². The van der Waals surface area contributed by atoms with Crippen LogP contribution in [0.1, 0.15) is 24.5 Å². The number of benzene rings is 1. The molecule has 0 bridgehead atoms. The van der Waals surface area contributed by atoms with Crippen molar-refractivity contribution in [3.8, 4) is 0 Å². The van der Waals surface area contributed by atoms with Gasteiger partial charge >= 0.3 is 0 Å². The molecule has 1 aromatic carbocycles. The molecule has 1 fully saturated rings. The molecule has 1 N–H and O–H groups in total. The average molecular weight is 263 g/mol. The second-order valence-electron chi connectivity index (χ2n) is 4.77. The van der Waals surface area contributed by atoms with Crippen molar-refractivity contribution in [1.82, 2.24) is 5.32 Å². The molecule has 1 aromatic rings. The van der Waals surface area contributed by atoms with E-state index in [2.05, 4.69) is 5.32 Å². The first kappa shape index (κ1) is 14.0. The van der Waals surface area contributed by atoms with Gasteiger partial charge in [0.2, 0.25) is 5.91 Å². The molecule has 1 aliphatic rings. The van der Waals surface area contributed by atoms with E-state index in [0.29, 0.717) is 19.8 Å². The molecule has 2 rings (SSSR count). The van der Waals surface area contributed by atoms with Gasteiger partial charge in [-0.2, -0.15) is 0 Å². The van der Waals surface area contributed by atoms with Crippen molar-refractivity contribution < 1.29 is 14.3 Å². The lowest BCUT2D eigenvalue weighted by molar-refractivity contribution is -0.128. The number of methoxy groups -OCH3 is 1. The number of ether oxygens (including phenoxy) is 2. The van der Waals surface area contributed by atoms with E-state index in [1.807, 2.05) is 30.3 Å². The summed E-state index contributed by atoms with van der Waals surface area (Å²) in [6.07, 6.45) is 1.54. The summed E-state index contributed by atoms with van der Waals surface area (Å²) in [4.78, 5) is 12.0. The number of hydrogen-bond acceptors (Lipinski definition) is 3. The molecule has 1 aliphatic heterocycles. The van der Waals surface area contributed by atoms with Crippen LogP contribution in [0.3, 0.4) is 0 Å². The van der Waals surface area contributed by atoms with Crippen molar-refractivity contribution >= 4 is 5.91 Å². The Labute approximate surface area is 114 Å². The van der Waals surface area contributed by atoms with Crippen LogP contribution in [0.15, 0.2) is 30.3 Å². The minimum absolute atomic E-state index is 0.0852. The van der Waals surface area contributed by atoms with E-state index < -0.39 is 0 Å². The maximum Gasteiger partial charge on any atom is 0.223 e. The fourth-order valence-corrected chi connectivity index (χ4v) is 2.30. The largest absolute Gasteiger partial charge is 0.381 e. The fourth-order valence-electron chi connectivity index (χ4n) is 2.30. The van der Waals surface area contributed by atoms with Gasteiger partial charge < -0.3 is 14.8 Å². The minimum atomic E-state index is -0.0926. The highest BCUT2D eigenvalue weighted by atomic mass is 16.5. The molecule has 0 unspecified atom stereocenters. The van der Waals surface area contributed by atoms with Crippen LogP contribution in [0.25, 0.3) is 0 Å². The summed E-state index contributed by atoms with van der Waals surface area (Å²) in [5, 5.41) is 2.98. The third-order valence-corrected chi connectivity index (χ3v) is 3.51. The second-order valence-corrected chi connectivity index (χ2v) is 4.77. The Kier molecular flexibility index (Phi) is 5.36. The first-order valence-electron chi connectivity index (χ1n) is 6.74. The van der Waals surface area contributed by atoms with Crippen molar-refractivity contribution in [3.63, 3.8) is 0 Å². The zero-order valence-corrected chi connectivity index (χ0v) is 11.3. The maximum atomic E-state index is 12.0. The van der Waals surface area contributed by atoms with Crippen molar-refractivity contribution in [2.45, 2.75) is 18.9 Å². The highest BCUT2D eigenvalue weighted by Crippen LogP contribution is 2.17. The van der Waals surface area contributed by atoms with Gasteiger partial charge in [-0.05, 0) is 18.4 Å². The van der Waals surface area contributed by atoms with Crippen molar-refractivity contribution in [2.75, 3.05) is 26.9 Å². The van der Waals surface area contributed by atoms with E-state index in [1.165, 1.54) is 0 Å². The quantitative estimate of drug-likeness (QED) is 0.883. The zero-order valence-electron chi connectivity index (χ0n) is 11.3. The van der Waals surface area contributed by atoms with Gasteiger partial charge in [-0.1, -0.05) is 30.3 Å². The molecule has 0 saturated carbocycles. The minimum Gasteiger partial charge on any atom is -0.381 e. The van der Waals surface area contributed by atoms with E-state index in [4.69, 9.17) is 9.47 Å². The molecule has 4 nitrogen and oxygen atoms in total. The Morgan fingerprint density at radius 3 is 2.68 bits per heavy atom. The Morgan fingerprint density at radius 2 is 2.05 bits per heavy atom. The van der Waals surface area contributed by atoms with E-state index in [-0.39, 0.29) is 17.9 Å². The monoisotopic (exact) mass is 263 g/mol. The van der Waals surface area contributed by atoms with Crippen LogP contribution in [-0.4, -0.2) is 32.8 Å². The normalized spacial score (nSPS) is 17.9. The molecule has 0 radical (unpaired) electrons. The number of carbonyl (C=O) groups is 1. The van der Waals surface area contributed by atoms with E-state index in [0.717, 1.165) is 18.4 Å². The Morgan fingerprint density at radius 1 is 1.37 bits per heavy atom. The third kappa shape index (κ3) is 4.04. The standard InChI is InChI=1S/C15H21NO3/c1-18-14(12-5-3-2-4-6-12)11-16-15(17)13-7-9-19-10-8-13/h2-6,13-14H,7-11H2,1H3,(H,16,17)/t14-/m1/s1. The van der Waals surface area contributed by atoms with Gasteiger partial charge in [-0.15, -0.1) is 0 Å². The molecule has 1 atom stereocenters. The van der Waals surface area contributed by atoms with E-state index in [1.54, 1.807) is 7.11 Å². The van der Waals surface area contributed by atoms with Crippen molar-refractivity contribution in [3.05, 3.63) is 35.9 Å². The van der Waals surface area contributed by atoms with Gasteiger partial charge in [0.15, 0.2) is 0 Å². The Hall–Kier alpha value is -1.39. The summed E-state index contributed by atoms with van der Waals surface area (Å²) < 4.78 is 10.7. The molecule has 1 amide bonds. The molecule has 104 valence electrons. The summed E-state index contributed by atoms with van der Waals surface area (Å²) >= 11 is 0. The molecule has 1 saturated heterocycles. The van der Waals surface area contributed by atoms with Crippen LogP contribution in [0.2, 0.25) is 0 Å². The smallest absolute Gasteiger partial charge is 0.223 e. The topological polar surface area (TPSA) is 47.6 Å². The molecule has 0 aliphatic carbocycles. The Balaban J connectivity index is 1.84. The van der Waals surface area contributed by atoms with E-state index >= 15 is 0 Å². The highest BCUT2D eigenvalue weighted by Gasteiger charge is 2.22. The fraction of sp³-hybridized carbons (Fsp3) is 0.533. The first-order valence-corrected chi connectivity index (χ1v) is 6.74. The molecule has 4 heteroatoms. The summed E-state index contributed by atoms with van der Waals surface area (Å²) in [6.45, 7) is 1.88. The van der Waals surface area contributed by atoms with Crippen molar-refractivity contribution in [2.24, 2.45) is 5.92 Å². The summed E-state index contributed by atoms with van der Waals surface area (Å²) in [5.41, 5.74) is 1.08. The predicted octanol–water partition coefficient (Wildman–Crippen LogP) is 1.92. The van der Waals surface area contributed by atoms with Crippen LogP contribution in [-0.2, 0) is 14.3 Å². The molecule has 19 heavy (non-hydrogen) atoms. The van der Waals surface area contributed by atoms with Crippen LogP contribution in [0.5, 0.6) is 0 Å². The number of amides is 1. The van der Waals surface area contributed by atoms with Gasteiger partial charge in [-0.3, -0.25) is 4.79 Å². The molecular weight excluding hydrogens is 242 g/mol. The molecule has 0 aromatic heterocycles. The van der Waals surface area contributed by atoms with Gasteiger partial charge in [-0.25, -0.2) is 0 Å². The number of nitrogens with one attached hydrogen (secondary N) is 1. The molecular formula is C15H21NO3. The highest BCUT2D eigenvalue weighted by molar-refractivity contribution is 5.78. The molecule has 1 heterocycles. The summed E-state index contributed by atoms with van der Waals surface area (Å²) in [5.74, 6) is 0.198. The molecule has 0 spiro atoms. The summed E-state index contributed by atoms with van der Waals surface area (Å²) in [6, 6.07) is 9.93. The van der Waals surface area contributed by atoms with Crippen molar-refractivity contribution in [1.29, 1.82) is 0 Å². The lowest BCUT2D eigenvalue weighted by atomic mass is 9.99. The SMILES string of the molecule is CO[C@H](CNC(=O)C1CCOCC1)c1ccccc1. The number of rotatable bonds is 5. The maximum absolute atomic E-state index is 12.0. The predicted molar refractivity (Wildman–Crippen MR) is 72.7 cm³/mol. The zero-order chi connectivity index (χ0) is 13.5. The first-order chi connectivity index (χ1) is 9.31. The lowest BCUT2D eigenvalue weighted by Gasteiger charge is -2.23. The van der Waals surface area contributed by atoms with Gasteiger partial charge in [0, 0.05) is 32.8 Å². The van der Waals surface area contributed by atoms with Gasteiger partial charge in [0.05, 0.1) is 6.10 Å². The second kappa shape index (κ2) is 7.26. The lowest BCUT2D eigenvalue weighted by Crippen LogP contribution is -2.36. The number of hydrogen-bond donors (Lipinski definition) is 1. The third-order valence-electron chi connectivity index (χ3n) is 3.51. The van der Waals surface area contributed by atoms with Crippen LogP contribution in [0.4, 0.5) is 0 Å². The van der Waals surface area contributed by atoms with Gasteiger partial charge in [0.1, 0.15) is 0 Å². The summed E-state index contributed by atoms with van der Waals surface area (Å²) in [7, 11) is 1.66. The van der Waals surface area contributed by atoms with Crippen LogP contribution >= 0.6 is 0 Å². The number of carbonyl (C=O) groups excluding carboxylic acids is 1. The van der Waals surface area contributed by atoms with Crippen LogP contribution in [0, 0.1) is 5.92 Å². The van der Waals surface area contributed by atoms with Gasteiger partial charge in [0.25, 0.3) is 0 Å². The Bertz CT molecular complexity index is 388. The van der Waals surface area contributed by atoms with Crippen LogP contribution < -0.4 is 5.32 Å². The average Bonchev–Trinajstić information content (AvgIpc) is 2.49.